The zero-order valence-electron chi connectivity index (χ0n) is 12.4. The lowest BCUT2D eigenvalue weighted by molar-refractivity contribution is -0.682. The molecule has 0 saturated carbocycles. The smallest absolute Gasteiger partial charge is 0.0802 e. The number of aryl methyl sites for hydroxylation is 1. The zero-order chi connectivity index (χ0) is 13.5. The van der Waals surface area contributed by atoms with Crippen LogP contribution in [-0.2, 0) is 6.42 Å². The van der Waals surface area contributed by atoms with Gasteiger partial charge in [-0.25, -0.2) is 0 Å². The van der Waals surface area contributed by atoms with Crippen LogP contribution in [0.3, 0.4) is 0 Å². The maximum absolute atomic E-state index is 3.45. The van der Waals surface area contributed by atoms with E-state index in [2.05, 4.69) is 55.3 Å². The van der Waals surface area contributed by atoms with Crippen molar-refractivity contribution in [2.75, 3.05) is 6.54 Å². The normalized spacial score (nSPS) is 10.6. The van der Waals surface area contributed by atoms with Crippen molar-refractivity contribution < 1.29 is 5.32 Å². The van der Waals surface area contributed by atoms with Gasteiger partial charge in [-0.2, -0.15) is 0 Å². The standard InChI is InChI=1S/C14H20N2.C2H6/c1-10(2)15-9-8-12-11(3)16-14-7-5-4-6-13(12)14;1-2/h4-7,10,15-16H,8-9H2,1-3H3;1-2H3/p+1. The Morgan fingerprint density at radius 2 is 1.83 bits per heavy atom. The maximum Gasteiger partial charge on any atom is 0.0802 e. The minimum atomic E-state index is 0.686. The molecule has 2 rings (SSSR count). The SMILES string of the molecule is CC.Cc1[nH]c2ccccc2c1CC[NH2+]C(C)C. The van der Waals surface area contributed by atoms with Gasteiger partial charge >= 0.3 is 0 Å². The van der Waals surface area contributed by atoms with E-state index in [-0.39, 0.29) is 0 Å². The van der Waals surface area contributed by atoms with Crippen LogP contribution in [0.2, 0.25) is 0 Å². The summed E-state index contributed by atoms with van der Waals surface area (Å²) in [5.41, 5.74) is 4.06. The Balaban J connectivity index is 0.000000771. The Labute approximate surface area is 111 Å². The Kier molecular flexibility index (Phi) is 5.93. The molecule has 1 aromatic carbocycles. The van der Waals surface area contributed by atoms with Gasteiger partial charge < -0.3 is 10.3 Å². The fraction of sp³-hybridized carbons (Fsp3) is 0.500. The predicted molar refractivity (Wildman–Crippen MR) is 80.0 cm³/mol. The lowest BCUT2D eigenvalue weighted by Crippen LogP contribution is -2.88. The molecule has 0 aliphatic carbocycles. The molecule has 0 fully saturated rings. The van der Waals surface area contributed by atoms with Crippen LogP contribution in [0.15, 0.2) is 24.3 Å². The van der Waals surface area contributed by atoms with Gasteiger partial charge in [0.25, 0.3) is 0 Å². The Hall–Kier alpha value is -1.28. The van der Waals surface area contributed by atoms with Crippen molar-refractivity contribution in [2.45, 2.75) is 47.1 Å². The number of quaternary nitrogens is 1. The summed E-state index contributed by atoms with van der Waals surface area (Å²) < 4.78 is 0. The molecular weight excluding hydrogens is 220 g/mol. The molecule has 0 spiro atoms. The van der Waals surface area contributed by atoms with Crippen LogP contribution in [0.4, 0.5) is 0 Å². The molecule has 1 heterocycles. The Morgan fingerprint density at radius 1 is 1.17 bits per heavy atom. The average Bonchev–Trinajstić information content (AvgIpc) is 2.68. The van der Waals surface area contributed by atoms with Crippen molar-refractivity contribution >= 4 is 10.9 Å². The van der Waals surface area contributed by atoms with Gasteiger partial charge in [-0.05, 0) is 32.4 Å². The molecule has 3 N–H and O–H groups in total. The highest BCUT2D eigenvalue weighted by molar-refractivity contribution is 5.84. The second-order valence-corrected chi connectivity index (χ2v) is 4.79. The number of nitrogens with two attached hydrogens (primary N) is 1. The zero-order valence-corrected chi connectivity index (χ0v) is 12.4. The van der Waals surface area contributed by atoms with Crippen LogP contribution < -0.4 is 5.32 Å². The van der Waals surface area contributed by atoms with Gasteiger partial charge in [0.05, 0.1) is 12.6 Å². The van der Waals surface area contributed by atoms with Crippen molar-refractivity contribution in [1.29, 1.82) is 0 Å². The summed E-state index contributed by atoms with van der Waals surface area (Å²) in [4.78, 5) is 3.45. The topological polar surface area (TPSA) is 32.4 Å². The first-order chi connectivity index (χ1) is 8.68. The highest BCUT2D eigenvalue weighted by Crippen LogP contribution is 2.21. The number of H-pyrrole nitrogens is 1. The fourth-order valence-electron chi connectivity index (χ4n) is 2.22. The first-order valence-corrected chi connectivity index (χ1v) is 7.08. The molecule has 0 aliphatic rings. The van der Waals surface area contributed by atoms with E-state index in [4.69, 9.17) is 0 Å². The van der Waals surface area contributed by atoms with Crippen LogP contribution in [0, 0.1) is 6.92 Å². The first kappa shape index (κ1) is 14.8. The Morgan fingerprint density at radius 3 is 2.50 bits per heavy atom. The van der Waals surface area contributed by atoms with E-state index < -0.39 is 0 Å². The summed E-state index contributed by atoms with van der Waals surface area (Å²) in [6, 6.07) is 9.25. The van der Waals surface area contributed by atoms with Gasteiger partial charge in [-0.3, -0.25) is 0 Å². The molecule has 0 unspecified atom stereocenters. The summed E-state index contributed by atoms with van der Waals surface area (Å²) in [7, 11) is 0. The van der Waals surface area contributed by atoms with E-state index >= 15 is 0 Å². The highest BCUT2D eigenvalue weighted by atomic mass is 14.9. The molecule has 0 aliphatic heterocycles. The van der Waals surface area contributed by atoms with Gasteiger partial charge in [-0.1, -0.05) is 32.0 Å². The summed E-state index contributed by atoms with van der Waals surface area (Å²) in [6.07, 6.45) is 1.15. The average molecular weight is 247 g/mol. The van der Waals surface area contributed by atoms with Crippen molar-refractivity contribution in [3.8, 4) is 0 Å². The summed E-state index contributed by atoms with van der Waals surface area (Å²) in [6.45, 7) is 11.8. The summed E-state index contributed by atoms with van der Waals surface area (Å²) in [5, 5.41) is 3.78. The van der Waals surface area contributed by atoms with Crippen LogP contribution >= 0.6 is 0 Å². The molecule has 2 heteroatoms. The third kappa shape index (κ3) is 3.61. The van der Waals surface area contributed by atoms with Gasteiger partial charge in [-0.15, -0.1) is 0 Å². The van der Waals surface area contributed by atoms with Gasteiger partial charge in [0.1, 0.15) is 0 Å². The molecule has 0 amide bonds. The largest absolute Gasteiger partial charge is 0.358 e. The molecule has 0 radical (unpaired) electrons. The number of aromatic amines is 1. The molecular formula is C16H27N2+. The molecule has 18 heavy (non-hydrogen) atoms. The molecule has 2 aromatic rings. The van der Waals surface area contributed by atoms with E-state index in [1.54, 1.807) is 0 Å². The second-order valence-electron chi connectivity index (χ2n) is 4.79. The molecule has 0 saturated heterocycles. The van der Waals surface area contributed by atoms with Crippen molar-refractivity contribution in [1.82, 2.24) is 4.98 Å². The quantitative estimate of drug-likeness (QED) is 0.832. The van der Waals surface area contributed by atoms with Crippen molar-refractivity contribution in [3.63, 3.8) is 0 Å². The number of fused-ring (bicyclic) bond motifs is 1. The van der Waals surface area contributed by atoms with Crippen LogP contribution in [0.5, 0.6) is 0 Å². The van der Waals surface area contributed by atoms with Crippen LogP contribution in [0.1, 0.15) is 39.0 Å². The number of benzene rings is 1. The second kappa shape index (κ2) is 7.22. The summed E-state index contributed by atoms with van der Waals surface area (Å²) in [5.74, 6) is 0. The Bertz CT molecular complexity index is 469. The summed E-state index contributed by atoms with van der Waals surface area (Å²) >= 11 is 0. The minimum Gasteiger partial charge on any atom is -0.358 e. The highest BCUT2D eigenvalue weighted by Gasteiger charge is 2.08. The third-order valence-corrected chi connectivity index (χ3v) is 3.06. The van der Waals surface area contributed by atoms with Crippen LogP contribution in [0.25, 0.3) is 10.9 Å². The number of hydrogen-bond donors (Lipinski definition) is 2. The lowest BCUT2D eigenvalue weighted by Gasteiger charge is -2.05. The lowest BCUT2D eigenvalue weighted by atomic mass is 10.1. The van der Waals surface area contributed by atoms with Gasteiger partial charge in [0.15, 0.2) is 0 Å². The fourth-order valence-corrected chi connectivity index (χ4v) is 2.22. The number of hydrogen-bond acceptors (Lipinski definition) is 0. The predicted octanol–water partition coefficient (Wildman–Crippen LogP) is 3.02. The molecule has 0 bridgehead atoms. The number of rotatable bonds is 4. The van der Waals surface area contributed by atoms with E-state index in [9.17, 15) is 0 Å². The monoisotopic (exact) mass is 247 g/mol. The van der Waals surface area contributed by atoms with E-state index in [0.29, 0.717) is 6.04 Å². The minimum absolute atomic E-state index is 0.686. The first-order valence-electron chi connectivity index (χ1n) is 7.08. The van der Waals surface area contributed by atoms with E-state index in [1.807, 2.05) is 13.8 Å². The van der Waals surface area contributed by atoms with Gasteiger partial charge in [0, 0.05) is 23.0 Å². The van der Waals surface area contributed by atoms with E-state index in [0.717, 1.165) is 6.42 Å². The van der Waals surface area contributed by atoms with Gasteiger partial charge in [0.2, 0.25) is 0 Å². The number of nitrogens with one attached hydrogen (secondary N) is 1. The van der Waals surface area contributed by atoms with Crippen LogP contribution in [-0.4, -0.2) is 17.6 Å². The van der Waals surface area contributed by atoms with Crippen molar-refractivity contribution in [2.24, 2.45) is 0 Å². The number of para-hydroxylation sites is 1. The number of aromatic nitrogens is 1. The van der Waals surface area contributed by atoms with E-state index in [1.165, 1.54) is 28.7 Å². The third-order valence-electron chi connectivity index (χ3n) is 3.06. The molecule has 1 aromatic heterocycles. The maximum atomic E-state index is 3.45. The molecule has 2 nitrogen and oxygen atoms in total. The van der Waals surface area contributed by atoms with Crippen molar-refractivity contribution in [3.05, 3.63) is 35.5 Å². The molecule has 100 valence electrons. The molecule has 0 atom stereocenters.